The summed E-state index contributed by atoms with van der Waals surface area (Å²) in [6.45, 7) is 0. The predicted octanol–water partition coefficient (Wildman–Crippen LogP) is 1.44. The first-order valence-electron chi connectivity index (χ1n) is 8.37. The summed E-state index contributed by atoms with van der Waals surface area (Å²) in [5, 5.41) is 0. The Morgan fingerprint density at radius 1 is 0.481 bits per heavy atom. The third-order valence-corrected chi connectivity index (χ3v) is 4.49. The van der Waals surface area contributed by atoms with Crippen LogP contribution in [0, 0.1) is 0 Å². The van der Waals surface area contributed by atoms with Gasteiger partial charge in [-0.1, -0.05) is 0 Å². The monoisotopic (exact) mass is 353 g/mol. The fourth-order valence-corrected chi connectivity index (χ4v) is 3.10. The van der Waals surface area contributed by atoms with Crippen molar-refractivity contribution in [3.05, 3.63) is 94.6 Å². The largest absolute Gasteiger partial charge is 0.395 e. The smallest absolute Gasteiger partial charge is 0.114 e. The molecule has 5 heterocycles. The minimum atomic E-state index is 0.344. The first-order chi connectivity index (χ1) is 13.1. The standard InChI is InChI=1S/C20H15N7/c21-17-16-9-14-4-3-11(25-14)7-10-1-2-12(24-10)8-13-5-6-15(26-13)18(22)20(27-16)19(17)23/h1-9H,21-23H2. The van der Waals surface area contributed by atoms with E-state index in [2.05, 4.69) is 20.0 Å². The molecular weight excluding hydrogens is 338 g/mol. The Morgan fingerprint density at radius 3 is 1.78 bits per heavy atom. The maximum atomic E-state index is 6.28. The second-order valence-electron chi connectivity index (χ2n) is 6.36. The van der Waals surface area contributed by atoms with Crippen molar-refractivity contribution < 1.29 is 0 Å². The average Bonchev–Trinajstić information content (AvgIpc) is 3.42. The summed E-state index contributed by atoms with van der Waals surface area (Å²) in [7, 11) is 0. The molecule has 0 aliphatic carbocycles. The van der Waals surface area contributed by atoms with Gasteiger partial charge in [-0.3, -0.25) is 0 Å². The van der Waals surface area contributed by atoms with E-state index in [1.54, 1.807) is 6.08 Å². The highest BCUT2D eigenvalue weighted by Gasteiger charge is 2.23. The van der Waals surface area contributed by atoms with E-state index in [9.17, 15) is 0 Å². The second-order valence-corrected chi connectivity index (χ2v) is 6.36. The third kappa shape index (κ3) is 2.53. The predicted molar refractivity (Wildman–Crippen MR) is 108 cm³/mol. The van der Waals surface area contributed by atoms with Crippen LogP contribution >= 0.6 is 0 Å². The van der Waals surface area contributed by atoms with E-state index in [1.807, 2.05) is 48.6 Å². The topological polar surface area (TPSA) is 128 Å². The van der Waals surface area contributed by atoms with Gasteiger partial charge in [0.1, 0.15) is 5.70 Å². The molecule has 0 amide bonds. The number of nitrogens with zero attached hydrogens (tertiary/aromatic N) is 4. The van der Waals surface area contributed by atoms with E-state index in [1.165, 1.54) is 0 Å². The minimum absolute atomic E-state index is 0.344. The fourth-order valence-electron chi connectivity index (χ4n) is 3.10. The Kier molecular flexibility index (Phi) is 3.11. The summed E-state index contributed by atoms with van der Waals surface area (Å²) in [6, 6.07) is 0. The van der Waals surface area contributed by atoms with Crippen molar-refractivity contribution in [2.24, 2.45) is 37.2 Å². The van der Waals surface area contributed by atoms with Crippen LogP contribution in [0.5, 0.6) is 0 Å². The lowest BCUT2D eigenvalue weighted by atomic mass is 10.1. The fraction of sp³-hybridized carbons (Fsp3) is 0. The Morgan fingerprint density at radius 2 is 1.07 bits per heavy atom. The zero-order valence-electron chi connectivity index (χ0n) is 14.2. The van der Waals surface area contributed by atoms with Gasteiger partial charge in [0.05, 0.1) is 57.0 Å². The maximum Gasteiger partial charge on any atom is 0.114 e. The van der Waals surface area contributed by atoms with Crippen molar-refractivity contribution in [3.8, 4) is 0 Å². The van der Waals surface area contributed by atoms with Crippen LogP contribution in [0.3, 0.4) is 0 Å². The highest BCUT2D eigenvalue weighted by atomic mass is 14.9. The van der Waals surface area contributed by atoms with Crippen LogP contribution in [0.1, 0.15) is 0 Å². The van der Waals surface area contributed by atoms with Gasteiger partial charge in [-0.2, -0.15) is 0 Å². The van der Waals surface area contributed by atoms with Crippen LogP contribution < -0.4 is 17.2 Å². The molecular formula is C20H15N7. The van der Waals surface area contributed by atoms with Crippen LogP contribution in [-0.4, -0.2) is 22.8 Å². The second kappa shape index (κ2) is 5.50. The van der Waals surface area contributed by atoms with Gasteiger partial charge in [0.25, 0.3) is 0 Å². The van der Waals surface area contributed by atoms with E-state index in [-0.39, 0.29) is 0 Å². The molecule has 0 aromatic rings. The number of hydrogen-bond acceptors (Lipinski definition) is 7. The summed E-state index contributed by atoms with van der Waals surface area (Å²) in [5.41, 5.74) is 25.2. The summed E-state index contributed by atoms with van der Waals surface area (Å²) >= 11 is 0. The Labute approximate surface area is 155 Å². The molecule has 5 aliphatic rings. The lowest BCUT2D eigenvalue weighted by molar-refractivity contribution is 1.20. The van der Waals surface area contributed by atoms with Crippen molar-refractivity contribution in [3.63, 3.8) is 0 Å². The molecule has 7 nitrogen and oxygen atoms in total. The van der Waals surface area contributed by atoms with Crippen molar-refractivity contribution in [1.82, 2.24) is 0 Å². The van der Waals surface area contributed by atoms with Gasteiger partial charge in [0, 0.05) is 0 Å². The van der Waals surface area contributed by atoms with Crippen molar-refractivity contribution in [1.29, 1.82) is 0 Å². The summed E-state index contributed by atoms with van der Waals surface area (Å²) in [6.07, 6.45) is 17.0. The zero-order valence-corrected chi connectivity index (χ0v) is 14.2. The van der Waals surface area contributed by atoms with Crippen LogP contribution in [-0.2, 0) is 0 Å². The molecule has 0 atom stereocenters. The number of allylic oxidation sites excluding steroid dienone is 9. The Balaban J connectivity index is 1.72. The Hall–Kier alpha value is -4.00. The summed E-state index contributed by atoms with van der Waals surface area (Å²) in [5.74, 6) is 0. The molecule has 0 spiro atoms. The Bertz CT molecular complexity index is 1170. The van der Waals surface area contributed by atoms with Crippen LogP contribution in [0.4, 0.5) is 0 Å². The number of fused-ring (bicyclic) bond motifs is 4. The van der Waals surface area contributed by atoms with Gasteiger partial charge >= 0.3 is 0 Å². The SMILES string of the molecule is NC1=C(N)C2=C(N)C3=NC(=CC4=NC(=CC5=NC(=CC1=N2)C=C5)C=C4)C=C3. The highest BCUT2D eigenvalue weighted by molar-refractivity contribution is 6.17. The molecule has 130 valence electrons. The van der Waals surface area contributed by atoms with E-state index >= 15 is 0 Å². The first-order valence-corrected chi connectivity index (χ1v) is 8.37. The molecule has 0 aromatic heterocycles. The van der Waals surface area contributed by atoms with Gasteiger partial charge in [-0.25, -0.2) is 20.0 Å². The minimum Gasteiger partial charge on any atom is -0.395 e. The van der Waals surface area contributed by atoms with E-state index < -0.39 is 0 Å². The molecule has 27 heavy (non-hydrogen) atoms. The number of rotatable bonds is 0. The molecule has 0 saturated heterocycles. The maximum absolute atomic E-state index is 6.28. The molecule has 7 heteroatoms. The summed E-state index contributed by atoms with van der Waals surface area (Å²) < 4.78 is 0. The summed E-state index contributed by atoms with van der Waals surface area (Å²) in [4.78, 5) is 18.2. The van der Waals surface area contributed by atoms with Crippen molar-refractivity contribution >= 4 is 22.8 Å². The molecule has 6 N–H and O–H groups in total. The molecule has 8 bridgehead atoms. The molecule has 0 unspecified atom stereocenters. The van der Waals surface area contributed by atoms with Crippen LogP contribution in [0.25, 0.3) is 0 Å². The first kappa shape index (κ1) is 15.3. The van der Waals surface area contributed by atoms with E-state index in [0.29, 0.717) is 34.2 Å². The lowest BCUT2D eigenvalue weighted by Gasteiger charge is -2.03. The molecule has 0 aromatic carbocycles. The zero-order chi connectivity index (χ0) is 18.5. The van der Waals surface area contributed by atoms with Gasteiger partial charge in [0.2, 0.25) is 0 Å². The van der Waals surface area contributed by atoms with Crippen molar-refractivity contribution in [2.75, 3.05) is 0 Å². The van der Waals surface area contributed by atoms with Gasteiger partial charge in [0.15, 0.2) is 0 Å². The van der Waals surface area contributed by atoms with E-state index in [4.69, 9.17) is 17.2 Å². The lowest BCUT2D eigenvalue weighted by Crippen LogP contribution is -2.16. The quantitative estimate of drug-likeness (QED) is 0.609. The highest BCUT2D eigenvalue weighted by Crippen LogP contribution is 2.25. The van der Waals surface area contributed by atoms with Crippen LogP contribution in [0.2, 0.25) is 0 Å². The average molecular weight is 353 g/mol. The number of hydrogen-bond donors (Lipinski definition) is 3. The molecule has 5 rings (SSSR count). The number of aliphatic imine (C=N–C) groups is 4. The molecule has 0 radical (unpaired) electrons. The normalized spacial score (nSPS) is 22.6. The number of nitrogens with two attached hydrogens (primary N) is 3. The van der Waals surface area contributed by atoms with Gasteiger partial charge in [-0.05, 0) is 54.7 Å². The van der Waals surface area contributed by atoms with Gasteiger partial charge in [-0.15, -0.1) is 0 Å². The molecule has 0 fully saturated rings. The molecule has 0 saturated carbocycles. The van der Waals surface area contributed by atoms with Crippen LogP contribution in [0.15, 0.2) is 115 Å². The van der Waals surface area contributed by atoms with Gasteiger partial charge < -0.3 is 17.2 Å². The molecule has 5 aliphatic heterocycles. The van der Waals surface area contributed by atoms with E-state index in [0.717, 1.165) is 28.5 Å². The van der Waals surface area contributed by atoms with Crippen molar-refractivity contribution in [2.45, 2.75) is 0 Å². The third-order valence-electron chi connectivity index (χ3n) is 4.49.